The zero-order valence-corrected chi connectivity index (χ0v) is 17.3. The molecule has 2 aliphatic rings. The second-order valence-corrected chi connectivity index (χ2v) is 8.69. The molecular formula is C22H28F2N4O2. The Morgan fingerprint density at radius 2 is 2.10 bits per heavy atom. The van der Waals surface area contributed by atoms with Crippen molar-refractivity contribution in [3.8, 4) is 0 Å². The van der Waals surface area contributed by atoms with Crippen molar-refractivity contribution in [1.82, 2.24) is 15.5 Å². The van der Waals surface area contributed by atoms with Gasteiger partial charge in [-0.15, -0.1) is 0 Å². The van der Waals surface area contributed by atoms with Crippen LogP contribution in [0.2, 0.25) is 0 Å². The van der Waals surface area contributed by atoms with Crippen LogP contribution in [-0.2, 0) is 17.6 Å². The largest absolute Gasteiger partial charge is 0.446 e. The Hall–Kier alpha value is -2.64. The Balaban J connectivity index is 1.34. The number of H-pyrrole nitrogens is 1. The molecule has 3 N–H and O–H groups in total. The van der Waals surface area contributed by atoms with Gasteiger partial charge in [-0.3, -0.25) is 5.10 Å². The van der Waals surface area contributed by atoms with Crippen LogP contribution >= 0.6 is 0 Å². The first-order valence-electron chi connectivity index (χ1n) is 10.6. The molecule has 1 fully saturated rings. The fourth-order valence-corrected chi connectivity index (χ4v) is 4.30. The lowest BCUT2D eigenvalue weighted by Crippen LogP contribution is -2.33. The average Bonchev–Trinajstić information content (AvgIpc) is 3.30. The summed E-state index contributed by atoms with van der Waals surface area (Å²) in [6.45, 7) is 3.80. The van der Waals surface area contributed by atoms with Gasteiger partial charge < -0.3 is 15.4 Å². The Kier molecular flexibility index (Phi) is 5.66. The number of alkyl halides is 2. The van der Waals surface area contributed by atoms with Crippen molar-refractivity contribution in [1.29, 1.82) is 0 Å². The topological polar surface area (TPSA) is 79.0 Å². The second kappa shape index (κ2) is 8.24. The number of fused-ring (bicyclic) bond motifs is 1. The summed E-state index contributed by atoms with van der Waals surface area (Å²) in [5.74, 6) is -1.65. The third kappa shape index (κ3) is 4.91. The molecule has 0 saturated heterocycles. The molecule has 1 aromatic heterocycles. The van der Waals surface area contributed by atoms with Gasteiger partial charge in [0, 0.05) is 42.2 Å². The van der Waals surface area contributed by atoms with E-state index in [1.54, 1.807) is 6.07 Å². The first kappa shape index (κ1) is 20.6. The van der Waals surface area contributed by atoms with Crippen molar-refractivity contribution in [3.05, 3.63) is 41.1 Å². The number of anilines is 2. The summed E-state index contributed by atoms with van der Waals surface area (Å²) in [5.41, 5.74) is 3.54. The summed E-state index contributed by atoms with van der Waals surface area (Å²) < 4.78 is 32.6. The number of carbonyl (C=O) groups is 1. The molecule has 0 bridgehead atoms. The van der Waals surface area contributed by atoms with E-state index in [1.165, 1.54) is 0 Å². The highest BCUT2D eigenvalue weighted by atomic mass is 19.3. The van der Waals surface area contributed by atoms with Gasteiger partial charge in [0.05, 0.1) is 0 Å². The molecule has 8 heteroatoms. The molecule has 2 atom stereocenters. The molecule has 2 aromatic rings. The van der Waals surface area contributed by atoms with Crippen molar-refractivity contribution in [2.24, 2.45) is 0 Å². The smallest absolute Gasteiger partial charge is 0.407 e. The molecule has 0 aliphatic heterocycles. The maximum atomic E-state index is 13.6. The van der Waals surface area contributed by atoms with Crippen LogP contribution in [0.5, 0.6) is 0 Å². The highest BCUT2D eigenvalue weighted by molar-refractivity contribution is 5.67. The minimum absolute atomic E-state index is 0.0519. The number of hydrogen-bond donors (Lipinski definition) is 3. The van der Waals surface area contributed by atoms with Gasteiger partial charge in [-0.2, -0.15) is 5.10 Å². The summed E-state index contributed by atoms with van der Waals surface area (Å²) in [6.07, 6.45) is 2.16. The third-order valence-corrected chi connectivity index (χ3v) is 5.79. The number of ether oxygens (including phenoxy) is 1. The van der Waals surface area contributed by atoms with Crippen LogP contribution in [0.1, 0.15) is 62.3 Å². The summed E-state index contributed by atoms with van der Waals surface area (Å²) in [4.78, 5) is 11.8. The molecule has 2 aliphatic carbocycles. The van der Waals surface area contributed by atoms with E-state index in [9.17, 15) is 13.6 Å². The number of nitrogens with zero attached hydrogens (tertiary/aromatic N) is 1. The molecule has 2 unspecified atom stereocenters. The Labute approximate surface area is 174 Å². The van der Waals surface area contributed by atoms with Crippen molar-refractivity contribution >= 4 is 17.6 Å². The van der Waals surface area contributed by atoms with Crippen molar-refractivity contribution in [2.45, 2.75) is 76.4 Å². The van der Waals surface area contributed by atoms with Crippen LogP contribution in [0, 0.1) is 0 Å². The predicted molar refractivity (Wildman–Crippen MR) is 110 cm³/mol. The molecular weight excluding hydrogens is 390 g/mol. The second-order valence-electron chi connectivity index (χ2n) is 8.69. The number of alkyl carbamates (subject to hydrolysis) is 1. The van der Waals surface area contributed by atoms with Crippen LogP contribution in [0.3, 0.4) is 0 Å². The maximum Gasteiger partial charge on any atom is 0.407 e. The van der Waals surface area contributed by atoms with Crippen LogP contribution in [0.4, 0.5) is 25.1 Å². The normalized spacial score (nSPS) is 22.6. The first-order chi connectivity index (χ1) is 14.3. The van der Waals surface area contributed by atoms with Gasteiger partial charge in [0.25, 0.3) is 5.92 Å². The van der Waals surface area contributed by atoms with E-state index in [-0.39, 0.29) is 37.0 Å². The molecule has 1 aromatic carbocycles. The molecule has 0 radical (unpaired) electrons. The number of benzene rings is 1. The van der Waals surface area contributed by atoms with Gasteiger partial charge >= 0.3 is 6.09 Å². The molecule has 30 heavy (non-hydrogen) atoms. The standard InChI is InChI=1S/C22H28F2N4O2/c1-13(2)25-21(29)30-18-6-4-15(10-18)19-11-20(28-27-19)26-17-5-3-16-12-22(23,24)8-7-14(16)9-17/h3,5,9,11,13,15,18H,4,6-8,10,12H2,1-2H3,(H,25,29)(H2,26,27,28). The van der Waals surface area contributed by atoms with Crippen LogP contribution in [0.15, 0.2) is 24.3 Å². The van der Waals surface area contributed by atoms with E-state index >= 15 is 0 Å². The van der Waals surface area contributed by atoms with Gasteiger partial charge in [0.1, 0.15) is 6.10 Å². The number of carbonyl (C=O) groups excluding carboxylic acids is 1. The minimum Gasteiger partial charge on any atom is -0.446 e. The van der Waals surface area contributed by atoms with E-state index < -0.39 is 5.92 Å². The molecule has 6 nitrogen and oxygen atoms in total. The van der Waals surface area contributed by atoms with Gasteiger partial charge in [-0.25, -0.2) is 13.6 Å². The summed E-state index contributed by atoms with van der Waals surface area (Å²) >= 11 is 0. The Morgan fingerprint density at radius 3 is 2.90 bits per heavy atom. The van der Waals surface area contributed by atoms with Crippen LogP contribution < -0.4 is 10.6 Å². The van der Waals surface area contributed by atoms with Gasteiger partial charge in [0.15, 0.2) is 5.82 Å². The minimum atomic E-state index is -2.60. The van der Waals surface area contributed by atoms with E-state index in [4.69, 9.17) is 4.74 Å². The zero-order chi connectivity index (χ0) is 21.3. The zero-order valence-electron chi connectivity index (χ0n) is 17.3. The van der Waals surface area contributed by atoms with Crippen molar-refractivity contribution < 1.29 is 18.3 Å². The fourth-order valence-electron chi connectivity index (χ4n) is 4.30. The lowest BCUT2D eigenvalue weighted by molar-refractivity contribution is -0.0122. The number of amides is 1. The highest BCUT2D eigenvalue weighted by Crippen LogP contribution is 2.37. The van der Waals surface area contributed by atoms with Crippen molar-refractivity contribution in [3.63, 3.8) is 0 Å². The van der Waals surface area contributed by atoms with E-state index in [2.05, 4.69) is 20.8 Å². The summed E-state index contributed by atoms with van der Waals surface area (Å²) in [7, 11) is 0. The number of aromatic amines is 1. The average molecular weight is 418 g/mol. The predicted octanol–water partition coefficient (Wildman–Crippen LogP) is 5.05. The van der Waals surface area contributed by atoms with Gasteiger partial charge in [-0.1, -0.05) is 6.07 Å². The lowest BCUT2D eigenvalue weighted by atomic mass is 9.89. The number of rotatable bonds is 5. The van der Waals surface area contributed by atoms with Crippen LogP contribution in [0.25, 0.3) is 0 Å². The monoisotopic (exact) mass is 418 g/mol. The third-order valence-electron chi connectivity index (χ3n) is 5.79. The molecule has 4 rings (SSSR count). The van der Waals surface area contributed by atoms with E-state index in [0.29, 0.717) is 12.2 Å². The molecule has 1 saturated carbocycles. The fraction of sp³-hybridized carbons (Fsp3) is 0.545. The number of hydrogen-bond acceptors (Lipinski definition) is 4. The SMILES string of the molecule is CC(C)NC(=O)OC1CCC(c2cc(Nc3ccc4c(c3)CCC(F)(F)C4)n[nH]2)C1. The molecule has 1 heterocycles. The summed E-state index contributed by atoms with van der Waals surface area (Å²) in [6, 6.07) is 7.55. The summed E-state index contributed by atoms with van der Waals surface area (Å²) in [5, 5.41) is 13.4. The number of nitrogens with one attached hydrogen (secondary N) is 3. The van der Waals surface area contributed by atoms with Crippen LogP contribution in [-0.4, -0.2) is 34.4 Å². The maximum absolute atomic E-state index is 13.6. The molecule has 0 spiro atoms. The van der Waals surface area contributed by atoms with Gasteiger partial charge in [0.2, 0.25) is 0 Å². The first-order valence-corrected chi connectivity index (χ1v) is 10.6. The lowest BCUT2D eigenvalue weighted by Gasteiger charge is -2.24. The van der Waals surface area contributed by atoms with Gasteiger partial charge in [-0.05, 0) is 62.8 Å². The molecule has 162 valence electrons. The number of halogens is 2. The van der Waals surface area contributed by atoms with Crippen molar-refractivity contribution in [2.75, 3.05) is 5.32 Å². The van der Waals surface area contributed by atoms with E-state index in [0.717, 1.165) is 41.8 Å². The highest BCUT2D eigenvalue weighted by Gasteiger charge is 2.34. The quantitative estimate of drug-likeness (QED) is 0.635. The van der Waals surface area contributed by atoms with E-state index in [1.807, 2.05) is 32.0 Å². The number of aryl methyl sites for hydroxylation is 1. The Morgan fingerprint density at radius 1 is 1.27 bits per heavy atom. The number of aromatic nitrogens is 2. The Bertz CT molecular complexity index is 912. The molecule has 1 amide bonds.